The third-order valence-electron chi connectivity index (χ3n) is 5.96. The number of likely N-dealkylation sites (tertiary alicyclic amines) is 1. The first-order valence-corrected chi connectivity index (χ1v) is 11.3. The minimum atomic E-state index is 0.0373. The third-order valence-corrected chi connectivity index (χ3v) is 5.96. The second-order valence-electron chi connectivity index (χ2n) is 9.14. The number of amides is 1. The van der Waals surface area contributed by atoms with Crippen LogP contribution in [0.4, 0.5) is 0 Å². The summed E-state index contributed by atoms with van der Waals surface area (Å²) >= 11 is 0. The van der Waals surface area contributed by atoms with Gasteiger partial charge in [0, 0.05) is 31.0 Å². The molecule has 1 aliphatic rings. The van der Waals surface area contributed by atoms with E-state index < -0.39 is 0 Å². The molecule has 0 radical (unpaired) electrons. The largest absolute Gasteiger partial charge is 0.343 e. The summed E-state index contributed by atoms with van der Waals surface area (Å²) in [6.45, 7) is 10.1. The molecule has 1 amide bonds. The van der Waals surface area contributed by atoms with Gasteiger partial charge in [-0.2, -0.15) is 0 Å². The molecule has 28 heavy (non-hydrogen) atoms. The molecule has 1 fully saturated rings. The molecule has 1 aliphatic heterocycles. The Morgan fingerprint density at radius 3 is 2.11 bits per heavy atom. The van der Waals surface area contributed by atoms with Gasteiger partial charge in [-0.25, -0.2) is 0 Å². The molecule has 1 heterocycles. The first-order valence-electron chi connectivity index (χ1n) is 11.3. The van der Waals surface area contributed by atoms with Crippen LogP contribution in [0.2, 0.25) is 0 Å². The first kappa shape index (κ1) is 22.6. The van der Waals surface area contributed by atoms with Crippen molar-refractivity contribution in [3.8, 4) is 0 Å². The van der Waals surface area contributed by atoms with Crippen LogP contribution >= 0.6 is 0 Å². The van der Waals surface area contributed by atoms with E-state index >= 15 is 0 Å². The van der Waals surface area contributed by atoms with E-state index in [9.17, 15) is 9.59 Å². The summed E-state index contributed by atoms with van der Waals surface area (Å²) in [4.78, 5) is 26.6. The average Bonchev–Trinajstić information content (AvgIpc) is 2.69. The van der Waals surface area contributed by atoms with E-state index in [4.69, 9.17) is 0 Å². The summed E-state index contributed by atoms with van der Waals surface area (Å²) < 4.78 is 0. The van der Waals surface area contributed by atoms with Gasteiger partial charge >= 0.3 is 0 Å². The average molecular weight is 386 g/mol. The standard InChI is InChI=1S/C25H39NO2/c1-19(2)9-7-5-6-8-10-24(27)26-17-15-22(16-18-26)21-11-13-23(14-12-21)25(28)20(3)4/h11-14,19-20,22H,5-10,15-18H2,1-4H3. The van der Waals surface area contributed by atoms with Crippen LogP contribution in [0, 0.1) is 11.8 Å². The Kier molecular flexibility index (Phi) is 9.21. The highest BCUT2D eigenvalue weighted by molar-refractivity contribution is 5.97. The van der Waals surface area contributed by atoms with Gasteiger partial charge in [0.25, 0.3) is 0 Å². The fraction of sp³-hybridized carbons (Fsp3) is 0.680. The van der Waals surface area contributed by atoms with E-state index in [0.717, 1.165) is 43.8 Å². The van der Waals surface area contributed by atoms with Crippen LogP contribution in [0.3, 0.4) is 0 Å². The first-order chi connectivity index (χ1) is 13.4. The molecule has 1 aromatic rings. The molecule has 156 valence electrons. The number of hydrogen-bond acceptors (Lipinski definition) is 2. The quantitative estimate of drug-likeness (QED) is 0.354. The Balaban J connectivity index is 1.70. The zero-order chi connectivity index (χ0) is 20.5. The number of carbonyl (C=O) groups excluding carboxylic acids is 2. The fourth-order valence-corrected chi connectivity index (χ4v) is 4.06. The number of rotatable bonds is 10. The van der Waals surface area contributed by atoms with E-state index in [2.05, 4.69) is 30.9 Å². The van der Waals surface area contributed by atoms with E-state index in [1.807, 2.05) is 26.0 Å². The second kappa shape index (κ2) is 11.4. The van der Waals surface area contributed by atoms with Crippen LogP contribution in [0.15, 0.2) is 24.3 Å². The molecule has 3 heteroatoms. The van der Waals surface area contributed by atoms with E-state index in [-0.39, 0.29) is 11.7 Å². The van der Waals surface area contributed by atoms with Gasteiger partial charge < -0.3 is 4.90 Å². The Morgan fingerprint density at radius 2 is 1.54 bits per heavy atom. The highest BCUT2D eigenvalue weighted by atomic mass is 16.2. The van der Waals surface area contributed by atoms with Crippen molar-refractivity contribution in [2.75, 3.05) is 13.1 Å². The van der Waals surface area contributed by atoms with Gasteiger partial charge in [-0.05, 0) is 36.7 Å². The van der Waals surface area contributed by atoms with Crippen molar-refractivity contribution >= 4 is 11.7 Å². The maximum atomic E-state index is 12.5. The van der Waals surface area contributed by atoms with Crippen LogP contribution in [-0.4, -0.2) is 29.7 Å². The molecule has 1 aromatic carbocycles. The summed E-state index contributed by atoms with van der Waals surface area (Å²) in [5, 5.41) is 0. The summed E-state index contributed by atoms with van der Waals surface area (Å²) in [6.07, 6.45) is 8.81. The molecule has 0 unspecified atom stereocenters. The van der Waals surface area contributed by atoms with Crippen LogP contribution in [0.25, 0.3) is 0 Å². The molecule has 0 N–H and O–H groups in total. The lowest BCUT2D eigenvalue weighted by molar-refractivity contribution is -0.132. The predicted molar refractivity (Wildman–Crippen MR) is 117 cm³/mol. The normalized spacial score (nSPS) is 15.4. The van der Waals surface area contributed by atoms with Gasteiger partial charge in [-0.15, -0.1) is 0 Å². The molecule has 0 saturated carbocycles. The van der Waals surface area contributed by atoms with Gasteiger partial charge in [-0.3, -0.25) is 9.59 Å². The number of nitrogens with zero attached hydrogens (tertiary/aromatic N) is 1. The van der Waals surface area contributed by atoms with E-state index in [0.29, 0.717) is 18.2 Å². The van der Waals surface area contributed by atoms with Crippen molar-refractivity contribution in [3.05, 3.63) is 35.4 Å². The fourth-order valence-electron chi connectivity index (χ4n) is 4.06. The molecule has 1 saturated heterocycles. The number of carbonyl (C=O) groups is 2. The van der Waals surface area contributed by atoms with Gasteiger partial charge in [0.05, 0.1) is 0 Å². The number of unbranched alkanes of at least 4 members (excludes halogenated alkanes) is 3. The highest BCUT2D eigenvalue weighted by Crippen LogP contribution is 2.29. The number of benzene rings is 1. The van der Waals surface area contributed by atoms with Crippen LogP contribution in [0.5, 0.6) is 0 Å². The molecule has 0 bridgehead atoms. The zero-order valence-corrected chi connectivity index (χ0v) is 18.4. The predicted octanol–water partition coefficient (Wildman–Crippen LogP) is 6.23. The SMILES string of the molecule is CC(C)CCCCCCC(=O)N1CCC(c2ccc(C(=O)C(C)C)cc2)CC1. The van der Waals surface area contributed by atoms with Crippen molar-refractivity contribution in [2.24, 2.45) is 11.8 Å². The summed E-state index contributed by atoms with van der Waals surface area (Å²) in [7, 11) is 0. The van der Waals surface area contributed by atoms with Crippen LogP contribution < -0.4 is 0 Å². The Hall–Kier alpha value is -1.64. The van der Waals surface area contributed by atoms with Gasteiger partial charge in [-0.1, -0.05) is 77.6 Å². The summed E-state index contributed by atoms with van der Waals surface area (Å²) in [5.41, 5.74) is 2.11. The summed E-state index contributed by atoms with van der Waals surface area (Å²) in [6, 6.07) is 8.15. The molecular formula is C25H39NO2. The lowest BCUT2D eigenvalue weighted by Gasteiger charge is -2.32. The van der Waals surface area contributed by atoms with Gasteiger partial charge in [0.1, 0.15) is 0 Å². The smallest absolute Gasteiger partial charge is 0.222 e. The van der Waals surface area contributed by atoms with Crippen molar-refractivity contribution < 1.29 is 9.59 Å². The molecule has 0 spiro atoms. The second-order valence-corrected chi connectivity index (χ2v) is 9.14. The minimum Gasteiger partial charge on any atom is -0.343 e. The Morgan fingerprint density at radius 1 is 0.929 bits per heavy atom. The van der Waals surface area contributed by atoms with Crippen LogP contribution in [0.1, 0.15) is 101 Å². The highest BCUT2D eigenvalue weighted by Gasteiger charge is 2.23. The summed E-state index contributed by atoms with van der Waals surface area (Å²) in [5.74, 6) is 1.87. The van der Waals surface area contributed by atoms with Crippen molar-refractivity contribution in [2.45, 2.75) is 85.0 Å². The maximum Gasteiger partial charge on any atom is 0.222 e. The monoisotopic (exact) mass is 385 g/mol. The lowest BCUT2D eigenvalue weighted by Crippen LogP contribution is -2.37. The number of piperidine rings is 1. The topological polar surface area (TPSA) is 37.4 Å². The van der Waals surface area contributed by atoms with Gasteiger partial charge in [0.15, 0.2) is 5.78 Å². The van der Waals surface area contributed by atoms with Crippen molar-refractivity contribution in [1.82, 2.24) is 4.90 Å². The number of Topliss-reactive ketones (excluding diaryl/α,β-unsaturated/α-hetero) is 1. The number of ketones is 1. The minimum absolute atomic E-state index is 0.0373. The molecule has 0 aliphatic carbocycles. The molecule has 3 nitrogen and oxygen atoms in total. The van der Waals surface area contributed by atoms with Crippen LogP contribution in [-0.2, 0) is 4.79 Å². The molecular weight excluding hydrogens is 346 g/mol. The maximum absolute atomic E-state index is 12.5. The zero-order valence-electron chi connectivity index (χ0n) is 18.4. The number of hydrogen-bond donors (Lipinski definition) is 0. The van der Waals surface area contributed by atoms with Gasteiger partial charge in [0.2, 0.25) is 5.91 Å². The Bertz CT molecular complexity index is 610. The van der Waals surface area contributed by atoms with Crippen molar-refractivity contribution in [1.29, 1.82) is 0 Å². The molecule has 0 aromatic heterocycles. The lowest BCUT2D eigenvalue weighted by atomic mass is 9.88. The molecule has 2 rings (SSSR count). The molecule has 0 atom stereocenters. The van der Waals surface area contributed by atoms with E-state index in [1.165, 1.54) is 31.2 Å². The third kappa shape index (κ3) is 7.07. The Labute approximate surface area is 171 Å². The van der Waals surface area contributed by atoms with Crippen molar-refractivity contribution in [3.63, 3.8) is 0 Å². The van der Waals surface area contributed by atoms with E-state index in [1.54, 1.807) is 0 Å².